The van der Waals surface area contributed by atoms with Crippen LogP contribution in [0.15, 0.2) is 24.3 Å². The van der Waals surface area contributed by atoms with Crippen molar-refractivity contribution in [2.24, 2.45) is 11.8 Å². The van der Waals surface area contributed by atoms with Crippen molar-refractivity contribution in [3.8, 4) is 0 Å². The van der Waals surface area contributed by atoms with Crippen LogP contribution in [-0.2, 0) is 16.1 Å². The number of hydrogen-bond donors (Lipinski definition) is 2. The lowest BCUT2D eigenvalue weighted by Gasteiger charge is -2.43. The molecule has 4 unspecified atom stereocenters. The molecule has 5 nitrogen and oxygen atoms in total. The van der Waals surface area contributed by atoms with Crippen LogP contribution in [0.1, 0.15) is 45.1 Å². The minimum atomic E-state index is -0.128. The summed E-state index contributed by atoms with van der Waals surface area (Å²) < 4.78 is 0. The van der Waals surface area contributed by atoms with Crippen LogP contribution in [-0.4, -0.2) is 33.9 Å². The summed E-state index contributed by atoms with van der Waals surface area (Å²) >= 11 is 11.4. The Bertz CT molecular complexity index is 724. The second-order valence-corrected chi connectivity index (χ2v) is 8.36. The Balaban J connectivity index is 1.64. The van der Waals surface area contributed by atoms with E-state index in [0.29, 0.717) is 29.5 Å². The predicted molar refractivity (Wildman–Crippen MR) is 110 cm³/mol. The Morgan fingerprint density at radius 3 is 2.74 bits per heavy atom. The molecular weight excluding hydrogens is 382 g/mol. The zero-order valence-corrected chi connectivity index (χ0v) is 17.3. The largest absolute Gasteiger partial charge is 0.359 e. The van der Waals surface area contributed by atoms with Gasteiger partial charge in [-0.2, -0.15) is 0 Å². The summed E-state index contributed by atoms with van der Waals surface area (Å²) in [6, 6.07) is 7.54. The Kier molecular flexibility index (Phi) is 6.37. The summed E-state index contributed by atoms with van der Waals surface area (Å²) in [5.41, 5.74) is 0.983. The quantitative estimate of drug-likeness (QED) is 0.735. The first-order valence-corrected chi connectivity index (χ1v) is 10.3. The summed E-state index contributed by atoms with van der Waals surface area (Å²) in [4.78, 5) is 27.1. The molecule has 3 rings (SSSR count). The van der Waals surface area contributed by atoms with Gasteiger partial charge in [0.05, 0.1) is 12.5 Å². The maximum atomic E-state index is 13.0. The first kappa shape index (κ1) is 20.1. The van der Waals surface area contributed by atoms with Gasteiger partial charge in [-0.15, -0.1) is 0 Å². The zero-order valence-electron chi connectivity index (χ0n) is 15.7. The molecule has 1 aromatic rings. The molecule has 0 spiro atoms. The zero-order chi connectivity index (χ0) is 19.6. The number of rotatable bonds is 5. The summed E-state index contributed by atoms with van der Waals surface area (Å²) in [7, 11) is 0. The van der Waals surface area contributed by atoms with Crippen LogP contribution in [0, 0.1) is 11.8 Å². The third kappa shape index (κ3) is 4.61. The second-order valence-electron chi connectivity index (χ2n) is 7.54. The molecule has 27 heavy (non-hydrogen) atoms. The molecule has 2 fully saturated rings. The number of nitrogens with one attached hydrogen (secondary N) is 2. The molecule has 146 valence electrons. The number of nitrogens with zero attached hydrogens (tertiary/aromatic N) is 1. The van der Waals surface area contributed by atoms with Gasteiger partial charge in [-0.1, -0.05) is 30.7 Å². The van der Waals surface area contributed by atoms with E-state index in [9.17, 15) is 9.59 Å². The highest BCUT2D eigenvalue weighted by molar-refractivity contribution is 7.80. The Hall–Kier alpha value is -1.66. The van der Waals surface area contributed by atoms with Gasteiger partial charge in [0, 0.05) is 23.0 Å². The molecule has 2 amide bonds. The Morgan fingerprint density at radius 1 is 1.37 bits per heavy atom. The van der Waals surface area contributed by atoms with Crippen molar-refractivity contribution in [2.75, 3.05) is 0 Å². The number of fused-ring (bicyclic) bond motifs is 1. The van der Waals surface area contributed by atoms with Gasteiger partial charge in [0.2, 0.25) is 11.8 Å². The number of amides is 2. The van der Waals surface area contributed by atoms with Crippen molar-refractivity contribution in [1.82, 2.24) is 15.5 Å². The van der Waals surface area contributed by atoms with E-state index in [2.05, 4.69) is 17.6 Å². The van der Waals surface area contributed by atoms with Gasteiger partial charge in [0.25, 0.3) is 0 Å². The van der Waals surface area contributed by atoms with E-state index in [1.165, 1.54) is 0 Å². The lowest BCUT2D eigenvalue weighted by Crippen LogP contribution is -2.61. The highest BCUT2D eigenvalue weighted by atomic mass is 35.5. The van der Waals surface area contributed by atoms with Gasteiger partial charge in [0.15, 0.2) is 5.11 Å². The summed E-state index contributed by atoms with van der Waals surface area (Å²) in [5.74, 6) is -0.0474. The van der Waals surface area contributed by atoms with Crippen molar-refractivity contribution in [3.63, 3.8) is 0 Å². The van der Waals surface area contributed by atoms with E-state index < -0.39 is 0 Å². The van der Waals surface area contributed by atoms with Crippen LogP contribution >= 0.6 is 23.8 Å². The number of carbonyl (C=O) groups is 2. The fourth-order valence-electron chi connectivity index (χ4n) is 3.79. The monoisotopic (exact) mass is 407 g/mol. The fraction of sp³-hybridized carbons (Fsp3) is 0.550. The molecule has 1 aromatic carbocycles. The van der Waals surface area contributed by atoms with Crippen molar-refractivity contribution >= 4 is 40.7 Å². The van der Waals surface area contributed by atoms with E-state index in [1.807, 2.05) is 31.2 Å². The van der Waals surface area contributed by atoms with Crippen molar-refractivity contribution in [1.29, 1.82) is 0 Å². The number of benzene rings is 1. The average molecular weight is 408 g/mol. The van der Waals surface area contributed by atoms with Crippen LogP contribution < -0.4 is 10.6 Å². The normalized spacial score (nSPS) is 26.2. The average Bonchev–Trinajstić information content (AvgIpc) is 2.66. The minimum Gasteiger partial charge on any atom is -0.359 e. The maximum absolute atomic E-state index is 13.0. The predicted octanol–water partition coefficient (Wildman–Crippen LogP) is 3.26. The number of thiocarbonyl (C=S) groups is 1. The molecule has 7 heteroatoms. The molecule has 2 aliphatic rings. The molecule has 0 radical (unpaired) electrons. The smallest absolute Gasteiger partial charge is 0.234 e. The molecule has 1 saturated heterocycles. The topological polar surface area (TPSA) is 61.4 Å². The van der Waals surface area contributed by atoms with Gasteiger partial charge >= 0.3 is 0 Å². The summed E-state index contributed by atoms with van der Waals surface area (Å²) in [6.45, 7) is 4.50. The Morgan fingerprint density at radius 2 is 2.07 bits per heavy atom. The molecule has 0 aromatic heterocycles. The fourth-order valence-corrected chi connectivity index (χ4v) is 4.22. The van der Waals surface area contributed by atoms with Crippen LogP contribution in [0.5, 0.6) is 0 Å². The highest BCUT2D eigenvalue weighted by Gasteiger charge is 2.44. The van der Waals surface area contributed by atoms with Gasteiger partial charge in [-0.25, -0.2) is 0 Å². The molecule has 2 N–H and O–H groups in total. The third-order valence-corrected chi connectivity index (χ3v) is 6.20. The highest BCUT2D eigenvalue weighted by Crippen LogP contribution is 2.33. The Labute approximate surface area is 170 Å². The SMILES string of the molecule is CCC(C)NC(=O)C1CCC2C(=O)N(Cc3ccc(Cl)cc3)C(=S)NC2C1. The van der Waals surface area contributed by atoms with Crippen molar-refractivity contribution in [3.05, 3.63) is 34.9 Å². The van der Waals surface area contributed by atoms with E-state index in [4.69, 9.17) is 23.8 Å². The first-order valence-electron chi connectivity index (χ1n) is 9.55. The molecule has 4 atom stereocenters. The van der Waals surface area contributed by atoms with Crippen LogP contribution in [0.25, 0.3) is 0 Å². The van der Waals surface area contributed by atoms with Gasteiger partial charge < -0.3 is 10.6 Å². The molecule has 1 saturated carbocycles. The third-order valence-electron chi connectivity index (χ3n) is 5.61. The second kappa shape index (κ2) is 8.57. The molecular formula is C20H26ClN3O2S. The number of halogens is 1. The van der Waals surface area contributed by atoms with Crippen LogP contribution in [0.3, 0.4) is 0 Å². The number of carbonyl (C=O) groups excluding carboxylic acids is 2. The van der Waals surface area contributed by atoms with Crippen molar-refractivity contribution in [2.45, 2.75) is 58.2 Å². The lowest BCUT2D eigenvalue weighted by atomic mass is 9.76. The minimum absolute atomic E-state index is 0.0551. The van der Waals surface area contributed by atoms with E-state index >= 15 is 0 Å². The van der Waals surface area contributed by atoms with Gasteiger partial charge in [-0.05, 0) is 62.5 Å². The summed E-state index contributed by atoms with van der Waals surface area (Å²) in [5, 5.41) is 7.48. The molecule has 1 heterocycles. The molecule has 1 aliphatic carbocycles. The van der Waals surface area contributed by atoms with Gasteiger partial charge in [0.1, 0.15) is 0 Å². The standard InChI is InChI=1S/C20H26ClN3O2S/c1-3-12(2)22-18(25)14-6-9-16-17(10-14)23-20(27)24(19(16)26)11-13-4-7-15(21)8-5-13/h4-5,7-8,12,14,16-17H,3,6,9-11H2,1-2H3,(H,22,25)(H,23,27). The van der Waals surface area contributed by atoms with E-state index in [1.54, 1.807) is 4.90 Å². The van der Waals surface area contributed by atoms with E-state index in [0.717, 1.165) is 18.4 Å². The number of hydrogen-bond acceptors (Lipinski definition) is 3. The summed E-state index contributed by atoms with van der Waals surface area (Å²) in [6.07, 6.45) is 2.99. The molecule has 0 bridgehead atoms. The van der Waals surface area contributed by atoms with Crippen LogP contribution in [0.4, 0.5) is 0 Å². The van der Waals surface area contributed by atoms with Crippen molar-refractivity contribution < 1.29 is 9.59 Å². The lowest BCUT2D eigenvalue weighted by molar-refractivity contribution is -0.138. The van der Waals surface area contributed by atoms with E-state index in [-0.39, 0.29) is 35.7 Å². The van der Waals surface area contributed by atoms with Gasteiger partial charge in [-0.3, -0.25) is 14.5 Å². The maximum Gasteiger partial charge on any atom is 0.234 e. The first-order chi connectivity index (χ1) is 12.9. The molecule has 1 aliphatic heterocycles. The van der Waals surface area contributed by atoms with Crippen LogP contribution in [0.2, 0.25) is 5.02 Å².